The van der Waals surface area contributed by atoms with E-state index in [1.165, 1.54) is 11.1 Å². The van der Waals surface area contributed by atoms with Crippen molar-refractivity contribution in [2.24, 2.45) is 4.99 Å². The zero-order valence-corrected chi connectivity index (χ0v) is 19.7. The number of hydrogen-bond donors (Lipinski definition) is 1. The molecule has 3 heterocycles. The van der Waals surface area contributed by atoms with Gasteiger partial charge in [-0.3, -0.25) is 9.56 Å². The molecule has 0 spiro atoms. The average Bonchev–Trinajstić information content (AvgIpc) is 3.21. The molecule has 1 aromatic carbocycles. The van der Waals surface area contributed by atoms with Gasteiger partial charge in [-0.1, -0.05) is 42.5 Å². The number of halogens is 1. The molecule has 1 N–H and O–H groups in total. The van der Waals surface area contributed by atoms with Crippen LogP contribution in [0.5, 0.6) is 0 Å². The predicted molar refractivity (Wildman–Crippen MR) is 132 cm³/mol. The SMILES string of the molecule is CN=C(NCc1cccnc1-n1ccnc1C)N1CC=C(c2ccccc2)CC1.I. The highest BCUT2D eigenvalue weighted by Gasteiger charge is 2.17. The quantitative estimate of drug-likeness (QED) is 0.324. The summed E-state index contributed by atoms with van der Waals surface area (Å²) in [5, 5.41) is 3.50. The summed E-state index contributed by atoms with van der Waals surface area (Å²) >= 11 is 0. The minimum atomic E-state index is 0. The number of rotatable bonds is 4. The highest BCUT2D eigenvalue weighted by atomic mass is 127. The van der Waals surface area contributed by atoms with Crippen molar-refractivity contribution >= 4 is 35.5 Å². The maximum Gasteiger partial charge on any atom is 0.194 e. The van der Waals surface area contributed by atoms with E-state index >= 15 is 0 Å². The molecule has 0 amide bonds. The van der Waals surface area contributed by atoms with Crippen LogP contribution >= 0.6 is 24.0 Å². The Morgan fingerprint density at radius 1 is 1.10 bits per heavy atom. The Labute approximate surface area is 194 Å². The van der Waals surface area contributed by atoms with Crippen LogP contribution in [0.1, 0.15) is 23.4 Å². The van der Waals surface area contributed by atoms with E-state index in [-0.39, 0.29) is 24.0 Å². The van der Waals surface area contributed by atoms with Crippen LogP contribution in [-0.2, 0) is 6.54 Å². The second-order valence-electron chi connectivity index (χ2n) is 7.02. The number of hydrogen-bond acceptors (Lipinski definition) is 3. The average molecular weight is 514 g/mol. The maximum absolute atomic E-state index is 4.56. The molecule has 0 fully saturated rings. The summed E-state index contributed by atoms with van der Waals surface area (Å²) < 4.78 is 2.01. The Morgan fingerprint density at radius 2 is 1.93 bits per heavy atom. The summed E-state index contributed by atoms with van der Waals surface area (Å²) in [7, 11) is 1.84. The van der Waals surface area contributed by atoms with Crippen molar-refractivity contribution in [1.29, 1.82) is 0 Å². The van der Waals surface area contributed by atoms with Gasteiger partial charge in [-0.05, 0) is 30.5 Å². The highest BCUT2D eigenvalue weighted by Crippen LogP contribution is 2.22. The van der Waals surface area contributed by atoms with Gasteiger partial charge in [-0.25, -0.2) is 9.97 Å². The fourth-order valence-electron chi connectivity index (χ4n) is 3.67. The van der Waals surface area contributed by atoms with Crippen LogP contribution in [0, 0.1) is 6.92 Å². The monoisotopic (exact) mass is 514 g/mol. The van der Waals surface area contributed by atoms with Crippen LogP contribution in [0.25, 0.3) is 11.4 Å². The molecule has 156 valence electrons. The first kappa shape index (κ1) is 22.0. The van der Waals surface area contributed by atoms with E-state index in [2.05, 4.69) is 67.7 Å². The number of benzene rings is 1. The minimum absolute atomic E-state index is 0. The second-order valence-corrected chi connectivity index (χ2v) is 7.02. The molecule has 2 aromatic heterocycles. The van der Waals surface area contributed by atoms with Gasteiger partial charge >= 0.3 is 0 Å². The molecule has 6 nitrogen and oxygen atoms in total. The summed E-state index contributed by atoms with van der Waals surface area (Å²) in [6.45, 7) is 4.43. The molecule has 0 unspecified atom stereocenters. The van der Waals surface area contributed by atoms with Crippen molar-refractivity contribution in [2.45, 2.75) is 19.9 Å². The van der Waals surface area contributed by atoms with E-state index in [0.29, 0.717) is 6.54 Å². The van der Waals surface area contributed by atoms with Crippen LogP contribution in [0.15, 0.2) is 72.1 Å². The molecule has 0 radical (unpaired) electrons. The van der Waals surface area contributed by atoms with Gasteiger partial charge in [0.25, 0.3) is 0 Å². The topological polar surface area (TPSA) is 58.3 Å². The molecule has 0 atom stereocenters. The summed E-state index contributed by atoms with van der Waals surface area (Å²) in [4.78, 5) is 15.7. The molecule has 30 heavy (non-hydrogen) atoms. The predicted octanol–water partition coefficient (Wildman–Crippen LogP) is 4.06. The van der Waals surface area contributed by atoms with Gasteiger partial charge < -0.3 is 10.2 Å². The van der Waals surface area contributed by atoms with E-state index in [9.17, 15) is 0 Å². The zero-order valence-electron chi connectivity index (χ0n) is 17.3. The fourth-order valence-corrected chi connectivity index (χ4v) is 3.67. The molecule has 1 aliphatic heterocycles. The molecule has 0 aliphatic carbocycles. The number of pyridine rings is 1. The molecule has 3 aromatic rings. The van der Waals surface area contributed by atoms with Gasteiger partial charge in [0.2, 0.25) is 0 Å². The largest absolute Gasteiger partial charge is 0.352 e. The van der Waals surface area contributed by atoms with Crippen LogP contribution in [0.4, 0.5) is 0 Å². The summed E-state index contributed by atoms with van der Waals surface area (Å²) in [6.07, 6.45) is 8.86. The maximum atomic E-state index is 4.56. The van der Waals surface area contributed by atoms with Crippen molar-refractivity contribution in [3.8, 4) is 5.82 Å². The van der Waals surface area contributed by atoms with Crippen LogP contribution < -0.4 is 5.32 Å². The van der Waals surface area contributed by atoms with Crippen LogP contribution in [0.3, 0.4) is 0 Å². The Bertz CT molecular complexity index is 1020. The van der Waals surface area contributed by atoms with Crippen molar-refractivity contribution in [3.05, 3.63) is 84.1 Å². The van der Waals surface area contributed by atoms with E-state index in [0.717, 1.165) is 42.7 Å². The number of aromatic nitrogens is 3. The fraction of sp³-hybridized carbons (Fsp3) is 0.261. The van der Waals surface area contributed by atoms with Gasteiger partial charge in [0.1, 0.15) is 11.6 Å². The molecule has 0 bridgehead atoms. The Balaban J connectivity index is 0.00000256. The molecule has 7 heteroatoms. The Hall–Kier alpha value is -2.68. The summed E-state index contributed by atoms with van der Waals surface area (Å²) in [5.74, 6) is 2.73. The molecule has 4 rings (SSSR count). The molecule has 1 aliphatic rings. The number of nitrogens with one attached hydrogen (secondary N) is 1. The van der Waals surface area contributed by atoms with Gasteiger partial charge in [-0.2, -0.15) is 0 Å². The highest BCUT2D eigenvalue weighted by molar-refractivity contribution is 14.0. The second kappa shape index (κ2) is 10.4. The molecule has 0 saturated carbocycles. The Kier molecular flexibility index (Phi) is 7.62. The van der Waals surface area contributed by atoms with Crippen LogP contribution in [-0.4, -0.2) is 45.5 Å². The lowest BCUT2D eigenvalue weighted by atomic mass is 10.00. The third-order valence-electron chi connectivity index (χ3n) is 5.22. The first-order valence-electron chi connectivity index (χ1n) is 9.90. The third-order valence-corrected chi connectivity index (χ3v) is 5.22. The number of nitrogens with zero attached hydrogens (tertiary/aromatic N) is 5. The van der Waals surface area contributed by atoms with Crippen molar-refractivity contribution < 1.29 is 0 Å². The standard InChI is InChI=1S/C23H26N6.HI/c1-18-25-13-16-29(18)22-21(9-6-12-26-22)17-27-23(24-2)28-14-10-20(11-15-28)19-7-4-3-5-8-19;/h3-10,12-13,16H,11,14-15,17H2,1-2H3,(H,24,27);1H. The lowest BCUT2D eigenvalue weighted by molar-refractivity contribution is 0.439. The normalized spacial score (nSPS) is 14.1. The van der Waals surface area contributed by atoms with Crippen LogP contribution in [0.2, 0.25) is 0 Å². The zero-order chi connectivity index (χ0) is 20.1. The van der Waals surface area contributed by atoms with E-state index in [4.69, 9.17) is 0 Å². The summed E-state index contributed by atoms with van der Waals surface area (Å²) in [5.41, 5.74) is 3.82. The first-order valence-corrected chi connectivity index (χ1v) is 9.90. The van der Waals surface area contributed by atoms with Gasteiger partial charge in [0.15, 0.2) is 5.96 Å². The lowest BCUT2D eigenvalue weighted by Crippen LogP contribution is -2.43. The number of aryl methyl sites for hydroxylation is 1. The van der Waals surface area contributed by atoms with E-state index in [1.807, 2.05) is 37.0 Å². The number of guanidine groups is 1. The van der Waals surface area contributed by atoms with Crippen molar-refractivity contribution in [1.82, 2.24) is 24.8 Å². The third kappa shape index (κ3) is 4.89. The number of imidazole rings is 1. The van der Waals surface area contributed by atoms with E-state index in [1.54, 1.807) is 6.20 Å². The number of aliphatic imine (C=N–C) groups is 1. The molecule has 0 saturated heterocycles. The van der Waals surface area contributed by atoms with Crippen molar-refractivity contribution in [2.75, 3.05) is 20.1 Å². The van der Waals surface area contributed by atoms with Gasteiger partial charge in [0, 0.05) is 50.8 Å². The van der Waals surface area contributed by atoms with E-state index < -0.39 is 0 Å². The molecular weight excluding hydrogens is 487 g/mol. The minimum Gasteiger partial charge on any atom is -0.352 e. The summed E-state index contributed by atoms with van der Waals surface area (Å²) in [6, 6.07) is 14.7. The smallest absolute Gasteiger partial charge is 0.194 e. The van der Waals surface area contributed by atoms with Gasteiger partial charge in [0.05, 0.1) is 0 Å². The molecular formula is C23H27IN6. The Morgan fingerprint density at radius 3 is 2.60 bits per heavy atom. The first-order chi connectivity index (χ1) is 14.3. The van der Waals surface area contributed by atoms with Crippen molar-refractivity contribution in [3.63, 3.8) is 0 Å². The van der Waals surface area contributed by atoms with Gasteiger partial charge in [-0.15, -0.1) is 24.0 Å². The lowest BCUT2D eigenvalue weighted by Gasteiger charge is -2.30.